The molecule has 1 unspecified atom stereocenters. The van der Waals surface area contributed by atoms with Gasteiger partial charge in [-0.2, -0.15) is 0 Å². The molecular formula is C29H37N5O7. The molecule has 1 saturated heterocycles. The predicted molar refractivity (Wildman–Crippen MR) is 150 cm³/mol. The molecular weight excluding hydrogens is 530 g/mol. The fourth-order valence-electron chi connectivity index (χ4n) is 4.28. The van der Waals surface area contributed by atoms with Gasteiger partial charge in [-0.3, -0.25) is 14.9 Å². The predicted octanol–water partition coefficient (Wildman–Crippen LogP) is 2.71. The Morgan fingerprint density at radius 2 is 1.61 bits per heavy atom. The maximum absolute atomic E-state index is 12.6. The first-order chi connectivity index (χ1) is 19.8. The molecule has 41 heavy (non-hydrogen) atoms. The van der Waals surface area contributed by atoms with Crippen LogP contribution in [0.15, 0.2) is 65.7 Å². The molecule has 0 saturated carbocycles. The highest BCUT2D eigenvalue weighted by atomic mass is 16.6. The zero-order valence-electron chi connectivity index (χ0n) is 23.1. The van der Waals surface area contributed by atoms with Crippen LogP contribution in [0, 0.1) is 5.92 Å². The Hall–Kier alpha value is -4.45. The number of hydrogen-bond donors (Lipinski definition) is 3. The van der Waals surface area contributed by atoms with Gasteiger partial charge < -0.3 is 30.2 Å². The van der Waals surface area contributed by atoms with Gasteiger partial charge in [0.2, 0.25) is 11.9 Å². The Morgan fingerprint density at radius 3 is 2.24 bits per heavy atom. The number of carbonyl (C=O) groups is 4. The third kappa shape index (κ3) is 11.3. The third-order valence-corrected chi connectivity index (χ3v) is 6.28. The summed E-state index contributed by atoms with van der Waals surface area (Å²) < 4.78 is 15.4. The molecule has 1 aliphatic rings. The van der Waals surface area contributed by atoms with Gasteiger partial charge in [0, 0.05) is 13.1 Å². The summed E-state index contributed by atoms with van der Waals surface area (Å²) in [4.78, 5) is 55.0. The van der Waals surface area contributed by atoms with E-state index < -0.39 is 30.1 Å². The van der Waals surface area contributed by atoms with Crippen LogP contribution in [0.1, 0.15) is 37.3 Å². The van der Waals surface area contributed by atoms with E-state index in [0.29, 0.717) is 25.9 Å². The highest BCUT2D eigenvalue weighted by Gasteiger charge is 2.28. The molecule has 0 aromatic heterocycles. The van der Waals surface area contributed by atoms with E-state index in [1.165, 1.54) is 0 Å². The number of rotatable bonds is 10. The quantitative estimate of drug-likeness (QED) is 0.170. The van der Waals surface area contributed by atoms with E-state index in [1.807, 2.05) is 60.7 Å². The Morgan fingerprint density at radius 1 is 0.976 bits per heavy atom. The molecule has 2 atom stereocenters. The molecule has 0 radical (unpaired) electrons. The molecule has 12 heteroatoms. The van der Waals surface area contributed by atoms with Crippen LogP contribution < -0.4 is 16.4 Å². The number of nitrogens with one attached hydrogen (secondary N) is 2. The van der Waals surface area contributed by atoms with Gasteiger partial charge in [-0.1, -0.05) is 60.7 Å². The second-order valence-electron chi connectivity index (χ2n) is 9.48. The zero-order valence-corrected chi connectivity index (χ0v) is 23.1. The second kappa shape index (κ2) is 16.6. The first-order valence-electron chi connectivity index (χ1n) is 13.5. The van der Waals surface area contributed by atoms with Crippen molar-refractivity contribution in [1.29, 1.82) is 0 Å². The fourth-order valence-corrected chi connectivity index (χ4v) is 4.28. The van der Waals surface area contributed by atoms with Crippen LogP contribution in [-0.2, 0) is 37.0 Å². The number of nitrogens with zero attached hydrogens (tertiary/aromatic N) is 2. The zero-order chi connectivity index (χ0) is 29.5. The van der Waals surface area contributed by atoms with Crippen molar-refractivity contribution in [2.45, 2.75) is 45.4 Å². The number of carbonyl (C=O) groups excluding carboxylic acids is 4. The molecule has 1 fully saturated rings. The SMILES string of the molecule is CCOC(=O)CNC(=O)[C@H](N)CC1CCCN(/C(=N/C(=O)OCc2ccccc2)NC(=O)OCc2ccccc2)C1. The van der Waals surface area contributed by atoms with Crippen LogP contribution in [0.3, 0.4) is 0 Å². The van der Waals surface area contributed by atoms with Gasteiger partial charge in [-0.25, -0.2) is 9.59 Å². The molecule has 2 aromatic carbocycles. The first kappa shape index (κ1) is 31.1. The summed E-state index contributed by atoms with van der Waals surface area (Å²) in [7, 11) is 0. The topological polar surface area (TPSA) is 162 Å². The second-order valence-corrected chi connectivity index (χ2v) is 9.48. The van der Waals surface area contributed by atoms with Crippen molar-refractivity contribution in [3.05, 3.63) is 71.8 Å². The number of likely N-dealkylation sites (tertiary alicyclic amines) is 1. The maximum Gasteiger partial charge on any atom is 0.437 e. The van der Waals surface area contributed by atoms with Crippen molar-refractivity contribution < 1.29 is 33.4 Å². The number of aliphatic imine (C=N–C) groups is 1. The lowest BCUT2D eigenvalue weighted by Gasteiger charge is -2.35. The summed E-state index contributed by atoms with van der Waals surface area (Å²) in [6.07, 6.45) is 0.167. The summed E-state index contributed by atoms with van der Waals surface area (Å²) in [6, 6.07) is 17.5. The van der Waals surface area contributed by atoms with E-state index in [0.717, 1.165) is 17.5 Å². The van der Waals surface area contributed by atoms with Crippen LogP contribution in [0.4, 0.5) is 9.59 Å². The molecule has 220 valence electrons. The summed E-state index contributed by atoms with van der Waals surface area (Å²) >= 11 is 0. The summed E-state index contributed by atoms with van der Waals surface area (Å²) in [6.45, 7) is 2.58. The number of ether oxygens (including phenoxy) is 3. The lowest BCUT2D eigenvalue weighted by atomic mass is 9.91. The van der Waals surface area contributed by atoms with E-state index in [2.05, 4.69) is 15.6 Å². The monoisotopic (exact) mass is 567 g/mol. The summed E-state index contributed by atoms with van der Waals surface area (Å²) in [5, 5.41) is 5.07. The van der Waals surface area contributed by atoms with Crippen LogP contribution in [0.25, 0.3) is 0 Å². The minimum Gasteiger partial charge on any atom is -0.465 e. The average molecular weight is 568 g/mol. The molecule has 3 rings (SSSR count). The first-order valence-corrected chi connectivity index (χ1v) is 13.5. The fraction of sp³-hybridized carbons (Fsp3) is 0.414. The highest BCUT2D eigenvalue weighted by Crippen LogP contribution is 2.21. The van der Waals surface area contributed by atoms with Crippen molar-refractivity contribution in [3.63, 3.8) is 0 Å². The van der Waals surface area contributed by atoms with Crippen molar-refractivity contribution >= 4 is 30.0 Å². The van der Waals surface area contributed by atoms with Gasteiger partial charge in [0.05, 0.1) is 12.6 Å². The van der Waals surface area contributed by atoms with Gasteiger partial charge in [-0.15, -0.1) is 4.99 Å². The number of amides is 3. The Balaban J connectivity index is 1.63. The van der Waals surface area contributed by atoms with Crippen molar-refractivity contribution in [3.8, 4) is 0 Å². The molecule has 2 aromatic rings. The molecule has 1 heterocycles. The smallest absolute Gasteiger partial charge is 0.437 e. The van der Waals surface area contributed by atoms with Gasteiger partial charge in [0.1, 0.15) is 19.8 Å². The van der Waals surface area contributed by atoms with Crippen molar-refractivity contribution in [1.82, 2.24) is 15.5 Å². The van der Waals surface area contributed by atoms with Crippen molar-refractivity contribution in [2.24, 2.45) is 16.6 Å². The number of guanidine groups is 1. The van der Waals surface area contributed by atoms with Crippen LogP contribution in [0.2, 0.25) is 0 Å². The molecule has 4 N–H and O–H groups in total. The van der Waals surface area contributed by atoms with Crippen molar-refractivity contribution in [2.75, 3.05) is 26.2 Å². The molecule has 0 bridgehead atoms. The Kier molecular flexibility index (Phi) is 12.6. The van der Waals surface area contributed by atoms with E-state index in [-0.39, 0.29) is 38.2 Å². The van der Waals surface area contributed by atoms with Gasteiger partial charge >= 0.3 is 18.2 Å². The number of hydrogen-bond acceptors (Lipinski definition) is 8. The van der Waals surface area contributed by atoms with Gasteiger partial charge in [0.25, 0.3) is 0 Å². The van der Waals surface area contributed by atoms with E-state index >= 15 is 0 Å². The lowest BCUT2D eigenvalue weighted by molar-refractivity contribution is -0.143. The van der Waals surface area contributed by atoms with E-state index in [9.17, 15) is 19.2 Å². The minimum atomic E-state index is -0.871. The van der Waals surface area contributed by atoms with Gasteiger partial charge in [-0.05, 0) is 43.2 Å². The number of nitrogens with two attached hydrogens (primary N) is 1. The van der Waals surface area contributed by atoms with Gasteiger partial charge in [0.15, 0.2) is 0 Å². The Labute approximate surface area is 239 Å². The molecule has 0 aliphatic carbocycles. The minimum absolute atomic E-state index is 0.00819. The normalized spacial score (nSPS) is 15.8. The average Bonchev–Trinajstić information content (AvgIpc) is 2.98. The summed E-state index contributed by atoms with van der Waals surface area (Å²) in [5.74, 6) is -1.05. The number of piperidine rings is 1. The standard InChI is InChI=1S/C29H37N5O7/c1-2-39-25(35)17-31-26(36)24(30)16-23-14-9-15-34(18-23)27(32-28(37)40-19-21-10-5-3-6-11-21)33-29(38)41-20-22-12-7-4-8-13-22/h3-8,10-13,23-24H,2,9,14-20,30H2,1H3,(H,31,36)(H,32,33,37,38)/t23?,24-/m1/s1. The van der Waals surface area contributed by atoms with Crippen LogP contribution >= 0.6 is 0 Å². The molecule has 0 spiro atoms. The van der Waals surface area contributed by atoms with E-state index in [4.69, 9.17) is 19.9 Å². The number of alkyl carbamates (subject to hydrolysis) is 1. The molecule has 3 amide bonds. The highest BCUT2D eigenvalue weighted by molar-refractivity contribution is 5.98. The number of esters is 1. The van der Waals surface area contributed by atoms with Crippen LogP contribution in [-0.4, -0.2) is 67.2 Å². The summed E-state index contributed by atoms with van der Waals surface area (Å²) in [5.41, 5.74) is 7.70. The molecule has 12 nitrogen and oxygen atoms in total. The lowest BCUT2D eigenvalue weighted by Crippen LogP contribution is -2.50. The van der Waals surface area contributed by atoms with E-state index in [1.54, 1.807) is 11.8 Å². The molecule has 1 aliphatic heterocycles. The largest absolute Gasteiger partial charge is 0.465 e. The van der Waals surface area contributed by atoms with Crippen LogP contribution in [0.5, 0.6) is 0 Å². The maximum atomic E-state index is 12.6. The Bertz CT molecular complexity index is 1180. The third-order valence-electron chi connectivity index (χ3n) is 6.28. The number of benzene rings is 2.